The molecule has 0 aliphatic carbocycles. The molecule has 1 aliphatic rings. The summed E-state index contributed by atoms with van der Waals surface area (Å²) in [5, 5.41) is 0.445. The Balaban J connectivity index is 1.90. The topological polar surface area (TPSA) is 49.6 Å². The average Bonchev–Trinajstić information content (AvgIpc) is 2.42. The first-order valence-corrected chi connectivity index (χ1v) is 6.62. The zero-order valence-electron chi connectivity index (χ0n) is 10.6. The lowest BCUT2D eigenvalue weighted by Gasteiger charge is -2.34. The Labute approximate surface area is 116 Å². The van der Waals surface area contributed by atoms with Crippen molar-refractivity contribution in [2.24, 2.45) is 5.73 Å². The monoisotopic (exact) mass is 285 g/mol. The summed E-state index contributed by atoms with van der Waals surface area (Å²) in [7, 11) is 0. The molecule has 0 bridgehead atoms. The minimum Gasteiger partial charge on any atom is -0.339 e. The highest BCUT2D eigenvalue weighted by molar-refractivity contribution is 6.31. The smallest absolute Gasteiger partial charge is 0.236 e. The van der Waals surface area contributed by atoms with Crippen LogP contribution in [0.5, 0.6) is 0 Å². The van der Waals surface area contributed by atoms with Gasteiger partial charge >= 0.3 is 0 Å². The normalized spacial score (nSPS) is 16.7. The molecule has 1 heterocycles. The molecule has 6 heteroatoms. The fourth-order valence-corrected chi connectivity index (χ4v) is 2.40. The van der Waals surface area contributed by atoms with Gasteiger partial charge < -0.3 is 10.6 Å². The van der Waals surface area contributed by atoms with Crippen molar-refractivity contribution in [3.8, 4) is 0 Å². The van der Waals surface area contributed by atoms with Gasteiger partial charge in [-0.05, 0) is 17.7 Å². The number of carbonyl (C=O) groups excluding carboxylic acids is 1. The molecule has 0 atom stereocenters. The second-order valence-corrected chi connectivity index (χ2v) is 5.00. The second kappa shape index (κ2) is 6.32. The number of nitrogens with two attached hydrogens (primary N) is 1. The third-order valence-corrected chi connectivity index (χ3v) is 3.66. The lowest BCUT2D eigenvalue weighted by atomic mass is 10.2. The maximum Gasteiger partial charge on any atom is 0.236 e. The lowest BCUT2D eigenvalue weighted by Crippen LogP contribution is -2.49. The Kier molecular flexibility index (Phi) is 4.74. The molecule has 2 rings (SSSR count). The number of nitrogens with zero attached hydrogens (tertiary/aromatic N) is 2. The molecule has 1 amide bonds. The third-order valence-electron chi connectivity index (χ3n) is 3.31. The Morgan fingerprint density at radius 3 is 2.58 bits per heavy atom. The SMILES string of the molecule is NCC(=O)N1CCN(Cc2ccc(F)cc2Cl)CC1. The summed E-state index contributed by atoms with van der Waals surface area (Å²) in [6.45, 7) is 3.64. The molecular formula is C13H17ClFN3O. The van der Waals surface area contributed by atoms with Crippen molar-refractivity contribution in [1.82, 2.24) is 9.80 Å². The molecule has 0 spiro atoms. The average molecular weight is 286 g/mol. The molecule has 1 saturated heterocycles. The van der Waals surface area contributed by atoms with Crippen molar-refractivity contribution in [1.29, 1.82) is 0 Å². The molecule has 1 aromatic rings. The number of rotatable bonds is 3. The van der Waals surface area contributed by atoms with Crippen molar-refractivity contribution in [2.75, 3.05) is 32.7 Å². The molecule has 19 heavy (non-hydrogen) atoms. The van der Waals surface area contributed by atoms with E-state index in [2.05, 4.69) is 4.90 Å². The van der Waals surface area contributed by atoms with E-state index in [4.69, 9.17) is 17.3 Å². The van der Waals surface area contributed by atoms with E-state index in [-0.39, 0.29) is 18.3 Å². The summed E-state index contributed by atoms with van der Waals surface area (Å²) in [6, 6.07) is 4.44. The number of carbonyl (C=O) groups is 1. The van der Waals surface area contributed by atoms with Crippen molar-refractivity contribution in [3.63, 3.8) is 0 Å². The Bertz CT molecular complexity index is 461. The van der Waals surface area contributed by atoms with Crippen LogP contribution in [0.3, 0.4) is 0 Å². The van der Waals surface area contributed by atoms with Gasteiger partial charge in [0.05, 0.1) is 6.54 Å². The predicted octanol–water partition coefficient (Wildman–Crippen LogP) is 1.08. The molecule has 0 unspecified atom stereocenters. The summed E-state index contributed by atoms with van der Waals surface area (Å²) < 4.78 is 13.0. The van der Waals surface area contributed by atoms with Crippen LogP contribution in [0.15, 0.2) is 18.2 Å². The first-order valence-electron chi connectivity index (χ1n) is 6.24. The van der Waals surface area contributed by atoms with E-state index in [1.807, 2.05) is 0 Å². The number of benzene rings is 1. The largest absolute Gasteiger partial charge is 0.339 e. The van der Waals surface area contributed by atoms with Gasteiger partial charge in [-0.3, -0.25) is 9.69 Å². The Morgan fingerprint density at radius 2 is 2.00 bits per heavy atom. The van der Waals surface area contributed by atoms with Crippen molar-refractivity contribution >= 4 is 17.5 Å². The summed E-state index contributed by atoms with van der Waals surface area (Å²) in [5.74, 6) is -0.341. The van der Waals surface area contributed by atoms with Gasteiger partial charge in [-0.1, -0.05) is 17.7 Å². The minimum atomic E-state index is -0.327. The van der Waals surface area contributed by atoms with Gasteiger partial charge in [-0.2, -0.15) is 0 Å². The van der Waals surface area contributed by atoms with E-state index in [1.165, 1.54) is 12.1 Å². The highest BCUT2D eigenvalue weighted by Gasteiger charge is 2.20. The van der Waals surface area contributed by atoms with Crippen molar-refractivity contribution < 1.29 is 9.18 Å². The fraction of sp³-hybridized carbons (Fsp3) is 0.462. The van der Waals surface area contributed by atoms with E-state index >= 15 is 0 Å². The van der Waals surface area contributed by atoms with Gasteiger partial charge in [-0.25, -0.2) is 4.39 Å². The van der Waals surface area contributed by atoms with Crippen molar-refractivity contribution in [3.05, 3.63) is 34.6 Å². The van der Waals surface area contributed by atoms with Crippen molar-refractivity contribution in [2.45, 2.75) is 6.54 Å². The van der Waals surface area contributed by atoms with Gasteiger partial charge in [0.1, 0.15) is 5.82 Å². The number of amides is 1. The van der Waals surface area contributed by atoms with Crippen LogP contribution in [-0.2, 0) is 11.3 Å². The molecule has 0 saturated carbocycles. The molecule has 1 aliphatic heterocycles. The number of halogens is 2. The molecule has 4 nitrogen and oxygen atoms in total. The summed E-state index contributed by atoms with van der Waals surface area (Å²) >= 11 is 6.00. The number of hydrogen-bond acceptors (Lipinski definition) is 3. The second-order valence-electron chi connectivity index (χ2n) is 4.60. The summed E-state index contributed by atoms with van der Waals surface area (Å²) in [6.07, 6.45) is 0. The fourth-order valence-electron chi connectivity index (χ4n) is 2.18. The molecule has 1 aromatic carbocycles. The first-order chi connectivity index (χ1) is 9.10. The van der Waals surface area contributed by atoms with Crippen LogP contribution in [-0.4, -0.2) is 48.4 Å². The van der Waals surface area contributed by atoms with Gasteiger partial charge in [0.15, 0.2) is 0 Å². The molecular weight excluding hydrogens is 269 g/mol. The van der Waals surface area contributed by atoms with Gasteiger partial charge in [0, 0.05) is 37.7 Å². The molecule has 104 valence electrons. The van der Waals surface area contributed by atoms with E-state index in [9.17, 15) is 9.18 Å². The van der Waals surface area contributed by atoms with Crippen LogP contribution < -0.4 is 5.73 Å². The highest BCUT2D eigenvalue weighted by atomic mass is 35.5. The zero-order chi connectivity index (χ0) is 13.8. The van der Waals surface area contributed by atoms with Gasteiger partial charge in [0.25, 0.3) is 0 Å². The number of hydrogen-bond donors (Lipinski definition) is 1. The van der Waals surface area contributed by atoms with Crippen LogP contribution in [0, 0.1) is 5.82 Å². The highest BCUT2D eigenvalue weighted by Crippen LogP contribution is 2.19. The lowest BCUT2D eigenvalue weighted by molar-refractivity contribution is -0.131. The van der Waals surface area contributed by atoms with Crippen LogP contribution in [0.25, 0.3) is 0 Å². The third kappa shape index (κ3) is 3.65. The summed E-state index contributed by atoms with van der Waals surface area (Å²) in [4.78, 5) is 15.4. The molecule has 0 aromatic heterocycles. The minimum absolute atomic E-state index is 0.0144. The van der Waals surface area contributed by atoms with Gasteiger partial charge in [-0.15, -0.1) is 0 Å². The van der Waals surface area contributed by atoms with E-state index in [0.29, 0.717) is 24.7 Å². The van der Waals surface area contributed by atoms with Crippen LogP contribution in [0.4, 0.5) is 4.39 Å². The summed E-state index contributed by atoms with van der Waals surface area (Å²) in [5.41, 5.74) is 6.24. The quantitative estimate of drug-likeness (QED) is 0.904. The Morgan fingerprint density at radius 1 is 1.32 bits per heavy atom. The van der Waals surface area contributed by atoms with Gasteiger partial charge in [0.2, 0.25) is 5.91 Å². The zero-order valence-corrected chi connectivity index (χ0v) is 11.4. The van der Waals surface area contributed by atoms with Crippen LogP contribution in [0.1, 0.15) is 5.56 Å². The standard InChI is InChI=1S/C13H17ClFN3O/c14-12-7-11(15)2-1-10(12)9-17-3-5-18(6-4-17)13(19)8-16/h1-2,7H,3-6,8-9,16H2. The van der Waals surface area contributed by atoms with E-state index < -0.39 is 0 Å². The first kappa shape index (κ1) is 14.2. The predicted molar refractivity (Wildman–Crippen MR) is 72.3 cm³/mol. The Hall–Kier alpha value is -1.17. The molecule has 0 radical (unpaired) electrons. The van der Waals surface area contributed by atoms with E-state index in [1.54, 1.807) is 11.0 Å². The maximum absolute atomic E-state index is 13.0. The maximum atomic E-state index is 13.0. The van der Waals surface area contributed by atoms with E-state index in [0.717, 1.165) is 18.7 Å². The number of piperazine rings is 1. The van der Waals surface area contributed by atoms with Crippen LogP contribution in [0.2, 0.25) is 5.02 Å². The van der Waals surface area contributed by atoms with Crippen LogP contribution >= 0.6 is 11.6 Å². The molecule has 2 N–H and O–H groups in total. The molecule has 1 fully saturated rings.